The van der Waals surface area contributed by atoms with Gasteiger partial charge in [0.25, 0.3) is 5.91 Å². The van der Waals surface area contributed by atoms with Crippen molar-refractivity contribution in [3.8, 4) is 0 Å². The van der Waals surface area contributed by atoms with Gasteiger partial charge in [0.2, 0.25) is 0 Å². The van der Waals surface area contributed by atoms with E-state index in [1.165, 1.54) is 12.4 Å². The summed E-state index contributed by atoms with van der Waals surface area (Å²) in [4.78, 5) is 19.5. The molecule has 0 saturated carbocycles. The van der Waals surface area contributed by atoms with Crippen LogP contribution in [-0.4, -0.2) is 15.9 Å². The van der Waals surface area contributed by atoms with Gasteiger partial charge >= 0.3 is 0 Å². The molecule has 1 N–H and O–H groups in total. The van der Waals surface area contributed by atoms with Gasteiger partial charge in [-0.2, -0.15) is 0 Å². The number of rotatable bonds is 2. The van der Waals surface area contributed by atoms with Crippen LogP contribution in [0.3, 0.4) is 0 Å². The Morgan fingerprint density at radius 1 is 1.28 bits per heavy atom. The lowest BCUT2D eigenvalue weighted by molar-refractivity contribution is 0.102. The van der Waals surface area contributed by atoms with Gasteiger partial charge in [0.15, 0.2) is 0 Å². The van der Waals surface area contributed by atoms with Crippen LogP contribution in [0.5, 0.6) is 0 Å². The highest BCUT2D eigenvalue weighted by Gasteiger charge is 2.10. The van der Waals surface area contributed by atoms with E-state index in [0.29, 0.717) is 10.7 Å². The first-order valence-electron chi connectivity index (χ1n) is 5.11. The molecule has 0 saturated heterocycles. The summed E-state index contributed by atoms with van der Waals surface area (Å²) in [5, 5.41) is 3.28. The van der Waals surface area contributed by atoms with Crippen molar-refractivity contribution in [1.82, 2.24) is 9.97 Å². The lowest BCUT2D eigenvalue weighted by Gasteiger charge is -2.07. The standard InChI is InChI=1S/C12H9Cl2N3O/c1-7-2-3-9(8(13)4-7)17-12(18)10-5-15-6-11(14)16-10/h2-6H,1H3,(H,17,18). The summed E-state index contributed by atoms with van der Waals surface area (Å²) in [5.41, 5.74) is 1.67. The molecule has 6 heteroatoms. The van der Waals surface area contributed by atoms with Gasteiger partial charge < -0.3 is 5.32 Å². The molecule has 1 aromatic carbocycles. The number of nitrogens with one attached hydrogen (secondary N) is 1. The smallest absolute Gasteiger partial charge is 0.275 e. The minimum Gasteiger partial charge on any atom is -0.319 e. The summed E-state index contributed by atoms with van der Waals surface area (Å²) in [6.07, 6.45) is 2.69. The van der Waals surface area contributed by atoms with Crippen molar-refractivity contribution in [2.75, 3.05) is 5.32 Å². The van der Waals surface area contributed by atoms with Crippen molar-refractivity contribution in [3.63, 3.8) is 0 Å². The third-order valence-electron chi connectivity index (χ3n) is 2.21. The van der Waals surface area contributed by atoms with Crippen molar-refractivity contribution in [1.29, 1.82) is 0 Å². The Balaban J connectivity index is 2.21. The number of aryl methyl sites for hydroxylation is 1. The van der Waals surface area contributed by atoms with Gasteiger partial charge in [-0.1, -0.05) is 29.3 Å². The normalized spacial score (nSPS) is 10.2. The molecule has 4 nitrogen and oxygen atoms in total. The van der Waals surface area contributed by atoms with Gasteiger partial charge in [-0.25, -0.2) is 4.98 Å². The van der Waals surface area contributed by atoms with Crippen molar-refractivity contribution in [2.24, 2.45) is 0 Å². The fourth-order valence-electron chi connectivity index (χ4n) is 1.36. The average molecular weight is 282 g/mol. The van der Waals surface area contributed by atoms with Gasteiger partial charge in [-0.15, -0.1) is 0 Å². The first-order valence-corrected chi connectivity index (χ1v) is 5.87. The van der Waals surface area contributed by atoms with Gasteiger partial charge in [0, 0.05) is 0 Å². The Morgan fingerprint density at radius 3 is 2.72 bits per heavy atom. The molecule has 2 aromatic rings. The Morgan fingerprint density at radius 2 is 2.06 bits per heavy atom. The molecule has 0 unspecified atom stereocenters. The second-order valence-electron chi connectivity index (χ2n) is 3.66. The Hall–Kier alpha value is -1.65. The van der Waals surface area contributed by atoms with Crippen LogP contribution < -0.4 is 5.32 Å². The molecule has 0 bridgehead atoms. The molecule has 92 valence electrons. The number of carbonyl (C=O) groups is 1. The highest BCUT2D eigenvalue weighted by molar-refractivity contribution is 6.34. The van der Waals surface area contributed by atoms with E-state index in [1.807, 2.05) is 13.0 Å². The molecular formula is C12H9Cl2N3O. The number of amides is 1. The molecule has 0 aliphatic rings. The van der Waals surface area contributed by atoms with Crippen molar-refractivity contribution in [3.05, 3.63) is 52.0 Å². The van der Waals surface area contributed by atoms with E-state index in [1.54, 1.807) is 12.1 Å². The lowest BCUT2D eigenvalue weighted by Crippen LogP contribution is -2.14. The van der Waals surface area contributed by atoms with Gasteiger partial charge in [-0.3, -0.25) is 9.78 Å². The number of benzene rings is 1. The molecule has 18 heavy (non-hydrogen) atoms. The van der Waals surface area contributed by atoms with E-state index in [4.69, 9.17) is 23.2 Å². The van der Waals surface area contributed by atoms with Crippen LogP contribution >= 0.6 is 23.2 Å². The van der Waals surface area contributed by atoms with Crippen molar-refractivity contribution in [2.45, 2.75) is 6.92 Å². The van der Waals surface area contributed by atoms with Crippen LogP contribution in [0.1, 0.15) is 16.1 Å². The Kier molecular flexibility index (Phi) is 3.79. The zero-order valence-electron chi connectivity index (χ0n) is 9.45. The van der Waals surface area contributed by atoms with Crippen LogP contribution in [0, 0.1) is 6.92 Å². The Labute approximate surface area is 114 Å². The molecule has 0 atom stereocenters. The summed E-state index contributed by atoms with van der Waals surface area (Å²) in [6, 6.07) is 5.35. The van der Waals surface area contributed by atoms with E-state index >= 15 is 0 Å². The molecule has 0 fully saturated rings. The monoisotopic (exact) mass is 281 g/mol. The van der Waals surface area contributed by atoms with E-state index in [2.05, 4.69) is 15.3 Å². The Bertz CT molecular complexity index is 602. The number of hydrogen-bond donors (Lipinski definition) is 1. The number of anilines is 1. The molecule has 1 heterocycles. The van der Waals surface area contributed by atoms with E-state index in [9.17, 15) is 4.79 Å². The zero-order chi connectivity index (χ0) is 13.1. The highest BCUT2D eigenvalue weighted by atomic mass is 35.5. The summed E-state index contributed by atoms with van der Waals surface area (Å²) in [5.74, 6) is -0.407. The van der Waals surface area contributed by atoms with Crippen molar-refractivity contribution >= 4 is 34.8 Å². The highest BCUT2D eigenvalue weighted by Crippen LogP contribution is 2.23. The van der Waals surface area contributed by atoms with Crippen molar-refractivity contribution < 1.29 is 4.79 Å². The van der Waals surface area contributed by atoms with Crippen LogP contribution in [0.15, 0.2) is 30.6 Å². The van der Waals surface area contributed by atoms with E-state index in [0.717, 1.165) is 5.56 Å². The third kappa shape index (κ3) is 2.97. The summed E-state index contributed by atoms with van der Waals surface area (Å²) >= 11 is 11.7. The maximum Gasteiger partial charge on any atom is 0.275 e. The second kappa shape index (κ2) is 5.33. The third-order valence-corrected chi connectivity index (χ3v) is 2.71. The minimum absolute atomic E-state index is 0.138. The molecule has 2 rings (SSSR count). The second-order valence-corrected chi connectivity index (χ2v) is 4.46. The molecular weight excluding hydrogens is 273 g/mol. The number of carbonyl (C=O) groups excluding carboxylic acids is 1. The molecule has 0 spiro atoms. The van der Waals surface area contributed by atoms with Crippen LogP contribution in [0.2, 0.25) is 10.2 Å². The predicted molar refractivity (Wildman–Crippen MR) is 71.2 cm³/mol. The number of halogens is 2. The minimum atomic E-state index is -0.407. The summed E-state index contributed by atoms with van der Waals surface area (Å²) in [7, 11) is 0. The molecule has 0 radical (unpaired) electrons. The van der Waals surface area contributed by atoms with Gasteiger partial charge in [0.05, 0.1) is 23.1 Å². The zero-order valence-corrected chi connectivity index (χ0v) is 11.0. The van der Waals surface area contributed by atoms with E-state index < -0.39 is 5.91 Å². The van der Waals surface area contributed by atoms with Crippen LogP contribution in [0.4, 0.5) is 5.69 Å². The summed E-state index contributed by atoms with van der Waals surface area (Å²) in [6.45, 7) is 1.92. The fourth-order valence-corrected chi connectivity index (χ4v) is 1.79. The van der Waals surface area contributed by atoms with Gasteiger partial charge in [0.1, 0.15) is 10.8 Å². The molecule has 1 aromatic heterocycles. The van der Waals surface area contributed by atoms with Crippen LogP contribution in [0.25, 0.3) is 0 Å². The maximum atomic E-state index is 11.9. The molecule has 1 amide bonds. The predicted octanol–water partition coefficient (Wildman–Crippen LogP) is 3.34. The lowest BCUT2D eigenvalue weighted by atomic mass is 10.2. The number of hydrogen-bond acceptors (Lipinski definition) is 3. The largest absolute Gasteiger partial charge is 0.319 e. The van der Waals surface area contributed by atoms with E-state index in [-0.39, 0.29) is 10.8 Å². The van der Waals surface area contributed by atoms with Gasteiger partial charge in [-0.05, 0) is 24.6 Å². The molecule has 0 aliphatic carbocycles. The number of nitrogens with zero attached hydrogens (tertiary/aromatic N) is 2. The first-order chi connectivity index (χ1) is 8.56. The number of aromatic nitrogens is 2. The van der Waals surface area contributed by atoms with Crippen LogP contribution in [-0.2, 0) is 0 Å². The average Bonchev–Trinajstić information content (AvgIpc) is 2.32. The topological polar surface area (TPSA) is 54.9 Å². The first kappa shape index (κ1) is 12.8. The summed E-state index contributed by atoms with van der Waals surface area (Å²) < 4.78 is 0. The quantitative estimate of drug-likeness (QED) is 0.919. The fraction of sp³-hybridized carbons (Fsp3) is 0.0833. The molecule has 0 aliphatic heterocycles. The SMILES string of the molecule is Cc1ccc(NC(=O)c2cncc(Cl)n2)c(Cl)c1. The maximum absolute atomic E-state index is 11.9.